The first kappa shape index (κ1) is 17.5. The van der Waals surface area contributed by atoms with Crippen LogP contribution in [0.4, 0.5) is 4.79 Å². The molecule has 0 spiro atoms. The third kappa shape index (κ3) is 5.12. The first-order valence-electron chi connectivity index (χ1n) is 7.47. The third-order valence-corrected chi connectivity index (χ3v) is 3.04. The number of amides is 1. The van der Waals surface area contributed by atoms with Gasteiger partial charge in [0.1, 0.15) is 11.9 Å². The fraction of sp³-hybridized carbons (Fsp3) is 0.353. The van der Waals surface area contributed by atoms with Gasteiger partial charge in [-0.05, 0) is 26.3 Å². The summed E-state index contributed by atoms with van der Waals surface area (Å²) in [6.45, 7) is 5.33. The van der Waals surface area contributed by atoms with E-state index < -0.39 is 23.7 Å². The monoisotopic (exact) mass is 332 g/mol. The van der Waals surface area contributed by atoms with E-state index in [4.69, 9.17) is 14.3 Å². The zero-order valence-electron chi connectivity index (χ0n) is 13.8. The fourth-order valence-corrected chi connectivity index (χ4v) is 2.06. The molecule has 0 aliphatic heterocycles. The van der Waals surface area contributed by atoms with Gasteiger partial charge in [0.25, 0.3) is 0 Å². The average Bonchev–Trinajstić information content (AvgIpc) is 2.94. The lowest BCUT2D eigenvalue weighted by atomic mass is 10.0. The Kier molecular flexibility index (Phi) is 5.23. The minimum Gasteiger partial charge on any atom is -0.476 e. The number of carbonyl (C=O) groups excluding carboxylic acids is 1. The minimum atomic E-state index is -1.17. The second-order valence-corrected chi connectivity index (χ2v) is 6.25. The van der Waals surface area contributed by atoms with Gasteiger partial charge in [0.15, 0.2) is 11.6 Å². The van der Waals surface area contributed by atoms with Crippen LogP contribution in [-0.2, 0) is 11.2 Å². The summed E-state index contributed by atoms with van der Waals surface area (Å²) in [5.74, 6) is -0.946. The fourth-order valence-electron chi connectivity index (χ4n) is 2.06. The summed E-state index contributed by atoms with van der Waals surface area (Å²) in [5, 5.41) is 11.7. The number of benzene rings is 1. The van der Waals surface area contributed by atoms with Crippen LogP contribution in [0.15, 0.2) is 41.0 Å². The molecule has 0 aliphatic carbocycles. The summed E-state index contributed by atoms with van der Waals surface area (Å²) < 4.78 is 10.5. The van der Waals surface area contributed by atoms with E-state index in [0.717, 1.165) is 11.8 Å². The topological polar surface area (TPSA) is 102 Å². The van der Waals surface area contributed by atoms with Crippen molar-refractivity contribution >= 4 is 12.1 Å². The molecule has 1 unspecified atom stereocenters. The summed E-state index contributed by atoms with van der Waals surface area (Å²) in [6, 6.07) is 8.80. The second-order valence-electron chi connectivity index (χ2n) is 6.25. The molecule has 0 aliphatic rings. The van der Waals surface area contributed by atoms with Crippen molar-refractivity contribution in [3.05, 3.63) is 53.7 Å². The van der Waals surface area contributed by atoms with Gasteiger partial charge >= 0.3 is 12.1 Å². The van der Waals surface area contributed by atoms with Gasteiger partial charge in [0, 0.05) is 6.42 Å². The molecule has 0 saturated heterocycles. The number of hydrogen-bond donors (Lipinski definition) is 2. The Morgan fingerprint density at radius 2 is 1.96 bits per heavy atom. The van der Waals surface area contributed by atoms with E-state index in [2.05, 4.69) is 10.3 Å². The predicted molar refractivity (Wildman–Crippen MR) is 85.7 cm³/mol. The summed E-state index contributed by atoms with van der Waals surface area (Å²) in [6.07, 6.45) is 0.713. The maximum atomic E-state index is 12.1. The standard InChI is InChI=1S/C17H20N2O5/c1-17(2,3)24-16(22)19-12(11-7-5-4-6-8-11)9-14-18-13(10-23-14)15(20)21/h4-8,10,12H,9H2,1-3H3,(H,19,22)(H,20,21). The van der Waals surface area contributed by atoms with Gasteiger partial charge in [-0.3, -0.25) is 0 Å². The summed E-state index contributed by atoms with van der Waals surface area (Å²) >= 11 is 0. The van der Waals surface area contributed by atoms with Crippen LogP contribution >= 0.6 is 0 Å². The van der Waals surface area contributed by atoms with Gasteiger partial charge < -0.3 is 19.6 Å². The number of carboxylic acids is 1. The van der Waals surface area contributed by atoms with E-state index >= 15 is 0 Å². The van der Waals surface area contributed by atoms with Crippen molar-refractivity contribution in [1.29, 1.82) is 0 Å². The number of hydrogen-bond acceptors (Lipinski definition) is 5. The highest BCUT2D eigenvalue weighted by Crippen LogP contribution is 2.19. The Balaban J connectivity index is 2.16. The summed E-state index contributed by atoms with van der Waals surface area (Å²) in [4.78, 5) is 26.9. The third-order valence-electron chi connectivity index (χ3n) is 3.04. The van der Waals surface area contributed by atoms with E-state index in [1.807, 2.05) is 30.3 Å². The number of ether oxygens (including phenoxy) is 1. The van der Waals surface area contributed by atoms with Gasteiger partial charge in [-0.1, -0.05) is 30.3 Å². The molecular formula is C17H20N2O5. The Hall–Kier alpha value is -2.83. The number of rotatable bonds is 5. The number of aromatic carboxylic acids is 1. The van der Waals surface area contributed by atoms with Crippen molar-refractivity contribution < 1.29 is 23.8 Å². The van der Waals surface area contributed by atoms with Crippen LogP contribution in [0.25, 0.3) is 0 Å². The lowest BCUT2D eigenvalue weighted by Gasteiger charge is -2.23. The van der Waals surface area contributed by atoms with Crippen molar-refractivity contribution in [2.24, 2.45) is 0 Å². The van der Waals surface area contributed by atoms with Crippen LogP contribution in [0.5, 0.6) is 0 Å². The zero-order valence-corrected chi connectivity index (χ0v) is 13.8. The Bertz CT molecular complexity index is 703. The molecule has 1 aromatic heterocycles. The van der Waals surface area contributed by atoms with E-state index in [9.17, 15) is 9.59 Å². The molecular weight excluding hydrogens is 312 g/mol. The number of nitrogens with zero attached hydrogens (tertiary/aromatic N) is 1. The number of nitrogens with one attached hydrogen (secondary N) is 1. The molecule has 2 N–H and O–H groups in total. The van der Waals surface area contributed by atoms with E-state index in [1.165, 1.54) is 0 Å². The van der Waals surface area contributed by atoms with Gasteiger partial charge in [0.2, 0.25) is 0 Å². The van der Waals surface area contributed by atoms with Crippen LogP contribution in [0, 0.1) is 0 Å². The number of carbonyl (C=O) groups is 2. The highest BCUT2D eigenvalue weighted by atomic mass is 16.6. The quantitative estimate of drug-likeness (QED) is 0.872. The van der Waals surface area contributed by atoms with Crippen LogP contribution in [0.3, 0.4) is 0 Å². The Morgan fingerprint density at radius 3 is 2.50 bits per heavy atom. The van der Waals surface area contributed by atoms with Gasteiger partial charge in [-0.25, -0.2) is 14.6 Å². The van der Waals surface area contributed by atoms with Crippen LogP contribution in [0.2, 0.25) is 0 Å². The predicted octanol–water partition coefficient (Wildman–Crippen LogP) is 3.18. The lowest BCUT2D eigenvalue weighted by molar-refractivity contribution is 0.0501. The van der Waals surface area contributed by atoms with Crippen molar-refractivity contribution in [2.75, 3.05) is 0 Å². The molecule has 0 bridgehead atoms. The van der Waals surface area contributed by atoms with Crippen molar-refractivity contribution in [1.82, 2.24) is 10.3 Å². The molecule has 7 nitrogen and oxygen atoms in total. The van der Waals surface area contributed by atoms with Gasteiger partial charge in [-0.2, -0.15) is 0 Å². The molecule has 7 heteroatoms. The average molecular weight is 332 g/mol. The molecule has 0 saturated carbocycles. The number of oxazole rings is 1. The van der Waals surface area contributed by atoms with Crippen molar-refractivity contribution in [3.63, 3.8) is 0 Å². The molecule has 128 valence electrons. The molecule has 1 amide bonds. The molecule has 2 aromatic rings. The first-order valence-corrected chi connectivity index (χ1v) is 7.47. The van der Waals surface area contributed by atoms with Gasteiger partial charge in [-0.15, -0.1) is 0 Å². The Morgan fingerprint density at radius 1 is 1.29 bits per heavy atom. The lowest BCUT2D eigenvalue weighted by Crippen LogP contribution is -2.35. The maximum Gasteiger partial charge on any atom is 0.408 e. The first-order chi connectivity index (χ1) is 11.2. The minimum absolute atomic E-state index is 0.172. The van der Waals surface area contributed by atoms with E-state index in [0.29, 0.717) is 0 Å². The highest BCUT2D eigenvalue weighted by molar-refractivity contribution is 5.84. The van der Waals surface area contributed by atoms with E-state index in [1.54, 1.807) is 20.8 Å². The second kappa shape index (κ2) is 7.16. The summed E-state index contributed by atoms with van der Waals surface area (Å²) in [7, 11) is 0. The SMILES string of the molecule is CC(C)(C)OC(=O)NC(Cc1nc(C(=O)O)co1)c1ccccc1. The largest absolute Gasteiger partial charge is 0.476 e. The van der Waals surface area contributed by atoms with Crippen LogP contribution in [-0.4, -0.2) is 27.8 Å². The Labute approximate surface area is 139 Å². The number of aromatic nitrogens is 1. The van der Waals surface area contributed by atoms with Gasteiger partial charge in [0.05, 0.1) is 6.04 Å². The van der Waals surface area contributed by atoms with E-state index in [-0.39, 0.29) is 18.0 Å². The molecule has 0 fully saturated rings. The molecule has 0 radical (unpaired) electrons. The summed E-state index contributed by atoms with van der Waals surface area (Å²) in [5.41, 5.74) is 0.0394. The normalized spacial score (nSPS) is 12.5. The smallest absolute Gasteiger partial charge is 0.408 e. The number of carboxylic acid groups (broad SMARTS) is 1. The zero-order chi connectivity index (χ0) is 17.7. The highest BCUT2D eigenvalue weighted by Gasteiger charge is 2.23. The molecule has 1 aromatic carbocycles. The molecule has 24 heavy (non-hydrogen) atoms. The van der Waals surface area contributed by atoms with Crippen molar-refractivity contribution in [3.8, 4) is 0 Å². The molecule has 2 rings (SSSR count). The maximum absolute atomic E-state index is 12.1. The molecule has 1 atom stereocenters. The van der Waals surface area contributed by atoms with Crippen LogP contribution in [0.1, 0.15) is 48.8 Å². The molecule has 1 heterocycles. The van der Waals surface area contributed by atoms with Crippen molar-refractivity contribution in [2.45, 2.75) is 38.8 Å². The number of alkyl carbamates (subject to hydrolysis) is 1. The van der Waals surface area contributed by atoms with Crippen LogP contribution < -0.4 is 5.32 Å².